The van der Waals surface area contributed by atoms with E-state index in [4.69, 9.17) is 5.73 Å². The monoisotopic (exact) mass is 506 g/mol. The van der Waals surface area contributed by atoms with Crippen molar-refractivity contribution in [1.29, 1.82) is 0 Å². The first-order valence-electron chi connectivity index (χ1n) is 11.8. The molecular weight excluding hydrogens is 472 g/mol. The number of likely N-dealkylation sites (tertiary alicyclic amines) is 1. The topological polar surface area (TPSA) is 199 Å². The van der Waals surface area contributed by atoms with Crippen LogP contribution in [0.3, 0.4) is 0 Å². The number of nitrogens with one attached hydrogen (secondary N) is 2. The van der Waals surface area contributed by atoms with E-state index >= 15 is 0 Å². The van der Waals surface area contributed by atoms with Gasteiger partial charge in [-0.25, -0.2) is 4.79 Å². The minimum Gasteiger partial charge on any atom is -0.508 e. The maximum atomic E-state index is 13.2. The molecule has 7 N–H and O–H groups in total. The van der Waals surface area contributed by atoms with Crippen molar-refractivity contribution in [3.63, 3.8) is 0 Å². The minimum atomic E-state index is -1.53. The first-order chi connectivity index (χ1) is 16.9. The number of nitrogens with zero attached hydrogens (tertiary/aromatic N) is 1. The summed E-state index contributed by atoms with van der Waals surface area (Å²) < 4.78 is 0. The molecule has 0 spiro atoms. The molecule has 0 aromatic heterocycles. The first-order valence-corrected chi connectivity index (χ1v) is 11.8. The second kappa shape index (κ2) is 12.9. The number of benzene rings is 1. The second-order valence-corrected chi connectivity index (χ2v) is 9.35. The summed E-state index contributed by atoms with van der Waals surface area (Å²) in [6.07, 6.45) is 0.235. The molecule has 2 rings (SSSR count). The fraction of sp³-hybridized carbons (Fsp3) is 0.542. The van der Waals surface area contributed by atoms with Crippen LogP contribution in [0.15, 0.2) is 24.3 Å². The SMILES string of the molecule is CC(C)CC(N)C(=O)NC(Cc1ccc(O)cc1)C(=O)NC(CC(=O)O)C(=O)N1CCCC1C(=O)O. The molecular formula is C24H34N4O8. The molecule has 198 valence electrons. The van der Waals surface area contributed by atoms with Gasteiger partial charge in [0, 0.05) is 13.0 Å². The van der Waals surface area contributed by atoms with Gasteiger partial charge < -0.3 is 36.6 Å². The lowest BCUT2D eigenvalue weighted by molar-refractivity contribution is -0.150. The number of phenols is 1. The summed E-state index contributed by atoms with van der Waals surface area (Å²) in [5.74, 6) is -4.67. The molecule has 12 heteroatoms. The van der Waals surface area contributed by atoms with Gasteiger partial charge in [-0.2, -0.15) is 0 Å². The van der Waals surface area contributed by atoms with E-state index in [0.717, 1.165) is 4.90 Å². The minimum absolute atomic E-state index is 0.00783. The van der Waals surface area contributed by atoms with Crippen LogP contribution in [-0.2, 0) is 30.4 Å². The number of aromatic hydroxyl groups is 1. The van der Waals surface area contributed by atoms with Crippen LogP contribution in [0.1, 0.15) is 45.1 Å². The van der Waals surface area contributed by atoms with Crippen molar-refractivity contribution >= 4 is 29.7 Å². The van der Waals surface area contributed by atoms with E-state index in [0.29, 0.717) is 18.4 Å². The number of hydrogen-bond donors (Lipinski definition) is 6. The van der Waals surface area contributed by atoms with Gasteiger partial charge in [-0.1, -0.05) is 26.0 Å². The van der Waals surface area contributed by atoms with Crippen molar-refractivity contribution in [3.8, 4) is 5.75 Å². The molecule has 0 bridgehead atoms. The zero-order valence-electron chi connectivity index (χ0n) is 20.3. The lowest BCUT2D eigenvalue weighted by atomic mass is 10.0. The lowest BCUT2D eigenvalue weighted by Gasteiger charge is -2.28. The Morgan fingerprint density at radius 3 is 2.19 bits per heavy atom. The average molecular weight is 507 g/mol. The Labute approximate surface area is 208 Å². The smallest absolute Gasteiger partial charge is 0.326 e. The Hall–Kier alpha value is -3.67. The van der Waals surface area contributed by atoms with Gasteiger partial charge in [-0.15, -0.1) is 0 Å². The van der Waals surface area contributed by atoms with Crippen molar-refractivity contribution in [2.75, 3.05) is 6.54 Å². The summed E-state index contributed by atoms with van der Waals surface area (Å²) in [5, 5.41) is 33.2. The summed E-state index contributed by atoms with van der Waals surface area (Å²) in [6.45, 7) is 3.90. The summed E-state index contributed by atoms with van der Waals surface area (Å²) in [4.78, 5) is 63.0. The Balaban J connectivity index is 2.26. The van der Waals surface area contributed by atoms with E-state index in [9.17, 15) is 39.3 Å². The fourth-order valence-electron chi connectivity index (χ4n) is 4.11. The molecule has 1 aliphatic rings. The van der Waals surface area contributed by atoms with Crippen LogP contribution in [0, 0.1) is 5.92 Å². The Bertz CT molecular complexity index is 965. The van der Waals surface area contributed by atoms with Crippen LogP contribution < -0.4 is 16.4 Å². The van der Waals surface area contributed by atoms with Gasteiger partial charge in [0.25, 0.3) is 0 Å². The zero-order valence-corrected chi connectivity index (χ0v) is 20.3. The molecule has 1 heterocycles. The molecule has 1 fully saturated rings. The van der Waals surface area contributed by atoms with E-state index < -0.39 is 60.2 Å². The number of rotatable bonds is 12. The number of hydrogen-bond acceptors (Lipinski definition) is 7. The van der Waals surface area contributed by atoms with E-state index in [2.05, 4.69) is 10.6 Å². The Morgan fingerprint density at radius 1 is 1.03 bits per heavy atom. The molecule has 36 heavy (non-hydrogen) atoms. The third kappa shape index (κ3) is 8.22. The van der Waals surface area contributed by atoms with Crippen LogP contribution in [0.25, 0.3) is 0 Å². The number of amides is 3. The van der Waals surface area contributed by atoms with Gasteiger partial charge in [0.1, 0.15) is 23.9 Å². The maximum Gasteiger partial charge on any atom is 0.326 e. The van der Waals surface area contributed by atoms with Crippen LogP contribution in [0.5, 0.6) is 5.75 Å². The molecule has 1 aromatic rings. The quantitative estimate of drug-likeness (QED) is 0.223. The third-order valence-corrected chi connectivity index (χ3v) is 5.89. The molecule has 0 radical (unpaired) electrons. The van der Waals surface area contributed by atoms with Crippen molar-refractivity contribution in [1.82, 2.24) is 15.5 Å². The van der Waals surface area contributed by atoms with Crippen molar-refractivity contribution in [2.24, 2.45) is 11.7 Å². The van der Waals surface area contributed by atoms with Gasteiger partial charge in [0.05, 0.1) is 12.5 Å². The molecule has 12 nitrogen and oxygen atoms in total. The molecule has 4 unspecified atom stereocenters. The molecule has 4 atom stereocenters. The van der Waals surface area contributed by atoms with E-state index in [1.54, 1.807) is 12.1 Å². The predicted octanol–water partition coefficient (Wildman–Crippen LogP) is -0.172. The van der Waals surface area contributed by atoms with Gasteiger partial charge in [-0.3, -0.25) is 19.2 Å². The standard InChI is InChI=1S/C24H34N4O8/c1-13(2)10-16(25)21(32)26-17(11-14-5-7-15(29)8-6-14)22(33)27-18(12-20(30)31)23(34)28-9-3-4-19(28)24(35)36/h5-8,13,16-19,29H,3-4,9-12,25H2,1-2H3,(H,26,32)(H,27,33)(H,30,31)(H,35,36). The predicted molar refractivity (Wildman–Crippen MR) is 128 cm³/mol. The number of carbonyl (C=O) groups excluding carboxylic acids is 3. The number of carbonyl (C=O) groups is 5. The van der Waals surface area contributed by atoms with Crippen LogP contribution >= 0.6 is 0 Å². The van der Waals surface area contributed by atoms with Crippen LogP contribution in [-0.4, -0.2) is 80.6 Å². The van der Waals surface area contributed by atoms with E-state index in [1.165, 1.54) is 12.1 Å². The highest BCUT2D eigenvalue weighted by molar-refractivity contribution is 5.96. The highest BCUT2D eigenvalue weighted by Crippen LogP contribution is 2.19. The molecule has 0 aliphatic carbocycles. The van der Waals surface area contributed by atoms with Gasteiger partial charge in [0.15, 0.2) is 0 Å². The maximum absolute atomic E-state index is 13.2. The van der Waals surface area contributed by atoms with Crippen molar-refractivity contribution in [2.45, 2.75) is 70.1 Å². The van der Waals surface area contributed by atoms with Crippen molar-refractivity contribution in [3.05, 3.63) is 29.8 Å². The summed E-state index contributed by atoms with van der Waals surface area (Å²) in [6, 6.07) is 1.19. The van der Waals surface area contributed by atoms with E-state index in [1.807, 2.05) is 13.8 Å². The highest BCUT2D eigenvalue weighted by Gasteiger charge is 2.39. The van der Waals surface area contributed by atoms with Gasteiger partial charge in [-0.05, 0) is 42.9 Å². The number of carboxylic acid groups (broad SMARTS) is 2. The van der Waals surface area contributed by atoms with Crippen LogP contribution in [0.4, 0.5) is 0 Å². The molecule has 3 amide bonds. The summed E-state index contributed by atoms with van der Waals surface area (Å²) in [5.41, 5.74) is 6.53. The Kier molecular flexibility index (Phi) is 10.2. The Morgan fingerprint density at radius 2 is 1.64 bits per heavy atom. The highest BCUT2D eigenvalue weighted by atomic mass is 16.4. The second-order valence-electron chi connectivity index (χ2n) is 9.35. The molecule has 1 aliphatic heterocycles. The molecule has 1 saturated heterocycles. The molecule has 1 aromatic carbocycles. The largest absolute Gasteiger partial charge is 0.508 e. The summed E-state index contributed by atoms with van der Waals surface area (Å²) >= 11 is 0. The number of aliphatic carboxylic acids is 2. The number of carboxylic acids is 2. The van der Waals surface area contributed by atoms with E-state index in [-0.39, 0.29) is 31.1 Å². The molecule has 0 saturated carbocycles. The van der Waals surface area contributed by atoms with Gasteiger partial charge >= 0.3 is 11.9 Å². The number of nitrogens with two attached hydrogens (primary N) is 1. The first kappa shape index (κ1) is 28.6. The average Bonchev–Trinajstić information content (AvgIpc) is 3.28. The number of phenolic OH excluding ortho intramolecular Hbond substituents is 1. The lowest BCUT2D eigenvalue weighted by Crippen LogP contribution is -2.58. The fourth-order valence-corrected chi connectivity index (χ4v) is 4.11. The third-order valence-electron chi connectivity index (χ3n) is 5.89. The van der Waals surface area contributed by atoms with Crippen LogP contribution in [0.2, 0.25) is 0 Å². The zero-order chi connectivity index (χ0) is 27.0. The van der Waals surface area contributed by atoms with Gasteiger partial charge in [0.2, 0.25) is 17.7 Å². The summed E-state index contributed by atoms with van der Waals surface area (Å²) in [7, 11) is 0. The normalized spacial score (nSPS) is 17.8. The van der Waals surface area contributed by atoms with Crippen molar-refractivity contribution < 1.29 is 39.3 Å².